The van der Waals surface area contributed by atoms with Crippen molar-refractivity contribution in [3.63, 3.8) is 0 Å². The number of ether oxygens (including phenoxy) is 1. The summed E-state index contributed by atoms with van der Waals surface area (Å²) >= 11 is 0. The second-order valence-electron chi connectivity index (χ2n) is 5.37. The molecule has 2 N–H and O–H groups in total. The summed E-state index contributed by atoms with van der Waals surface area (Å²) in [5.74, 6) is 0. The third-order valence-electron chi connectivity index (χ3n) is 3.58. The van der Waals surface area contributed by atoms with Crippen LogP contribution in [0.3, 0.4) is 0 Å². The molecule has 1 aliphatic rings. The minimum absolute atomic E-state index is 0.0889. The molecule has 0 saturated heterocycles. The highest BCUT2D eigenvalue weighted by atomic mass is 32.2. The Balaban J connectivity index is 2.39. The lowest BCUT2D eigenvalue weighted by Crippen LogP contribution is -2.51. The molecule has 0 radical (unpaired) electrons. The number of hydrogen-bond acceptors (Lipinski definition) is 6. The third-order valence-corrected chi connectivity index (χ3v) is 5.98. The maximum Gasteiger partial charge on any atom is 0.333 e. The summed E-state index contributed by atoms with van der Waals surface area (Å²) in [4.78, 5) is 0.0889. The van der Waals surface area contributed by atoms with Crippen LogP contribution in [0.2, 0.25) is 0 Å². The molecule has 1 aliphatic heterocycles. The van der Waals surface area contributed by atoms with Crippen molar-refractivity contribution in [3.8, 4) is 0 Å². The van der Waals surface area contributed by atoms with Crippen molar-refractivity contribution in [1.29, 1.82) is 0 Å². The van der Waals surface area contributed by atoms with Crippen molar-refractivity contribution in [2.45, 2.75) is 30.5 Å². The van der Waals surface area contributed by atoms with Gasteiger partial charge >= 0.3 is 10.3 Å². The highest BCUT2D eigenvalue weighted by molar-refractivity contribution is 7.89. The molecule has 0 amide bonds. The average molecular weight is 376 g/mol. The van der Waals surface area contributed by atoms with Crippen LogP contribution in [0, 0.1) is 6.92 Å². The lowest BCUT2D eigenvalue weighted by atomic mass is 10.1. The van der Waals surface area contributed by atoms with Crippen molar-refractivity contribution >= 4 is 20.3 Å². The molecule has 0 unspecified atom stereocenters. The SMILES string of the molecule is CO[C@H]1C=CC[C@@H](COS(N)(=O)=O)N1S(=O)(=O)c1ccc(C)cc1. The van der Waals surface area contributed by atoms with Gasteiger partial charge in [-0.25, -0.2) is 13.6 Å². The summed E-state index contributed by atoms with van der Waals surface area (Å²) in [6.45, 7) is 1.45. The molecule has 24 heavy (non-hydrogen) atoms. The summed E-state index contributed by atoms with van der Waals surface area (Å²) in [5, 5.41) is 4.83. The first-order valence-corrected chi connectivity index (χ1v) is 10.0. The number of nitrogens with zero attached hydrogens (tertiary/aromatic N) is 1. The van der Waals surface area contributed by atoms with E-state index in [9.17, 15) is 16.8 Å². The van der Waals surface area contributed by atoms with Crippen molar-refractivity contribution in [2.24, 2.45) is 5.14 Å². The van der Waals surface area contributed by atoms with Gasteiger partial charge in [0.15, 0.2) is 0 Å². The molecule has 10 heteroatoms. The van der Waals surface area contributed by atoms with Gasteiger partial charge in [-0.15, -0.1) is 0 Å². The van der Waals surface area contributed by atoms with Crippen molar-refractivity contribution < 1.29 is 25.8 Å². The Hall–Kier alpha value is -1.30. The molecule has 0 aromatic heterocycles. The summed E-state index contributed by atoms with van der Waals surface area (Å²) in [7, 11) is -6.72. The number of sulfonamides is 1. The van der Waals surface area contributed by atoms with E-state index in [2.05, 4.69) is 4.18 Å². The zero-order valence-electron chi connectivity index (χ0n) is 13.3. The normalized spacial score (nSPS) is 22.6. The molecule has 134 valence electrons. The smallest absolute Gasteiger partial charge is 0.333 e. The monoisotopic (exact) mass is 376 g/mol. The number of aryl methyl sites for hydroxylation is 1. The van der Waals surface area contributed by atoms with Gasteiger partial charge < -0.3 is 4.74 Å². The van der Waals surface area contributed by atoms with E-state index in [0.29, 0.717) is 0 Å². The second-order valence-corrected chi connectivity index (χ2v) is 8.43. The number of rotatable bonds is 6. The molecule has 0 fully saturated rings. The molecule has 8 nitrogen and oxygen atoms in total. The van der Waals surface area contributed by atoms with E-state index >= 15 is 0 Å². The van der Waals surface area contributed by atoms with Gasteiger partial charge in [-0.3, -0.25) is 4.18 Å². The topological polar surface area (TPSA) is 116 Å². The van der Waals surface area contributed by atoms with E-state index in [1.165, 1.54) is 19.2 Å². The van der Waals surface area contributed by atoms with Crippen LogP contribution in [0.1, 0.15) is 12.0 Å². The fourth-order valence-electron chi connectivity index (χ4n) is 2.41. The van der Waals surface area contributed by atoms with E-state index in [1.54, 1.807) is 24.3 Å². The van der Waals surface area contributed by atoms with Crippen LogP contribution in [0.4, 0.5) is 0 Å². The zero-order chi connectivity index (χ0) is 18.0. The van der Waals surface area contributed by atoms with E-state index < -0.39 is 39.2 Å². The lowest BCUT2D eigenvalue weighted by molar-refractivity contribution is 0.0158. The molecule has 0 bridgehead atoms. The lowest BCUT2D eigenvalue weighted by Gasteiger charge is -2.36. The molecule has 2 atom stereocenters. The van der Waals surface area contributed by atoms with Gasteiger partial charge in [-0.2, -0.15) is 12.7 Å². The highest BCUT2D eigenvalue weighted by Gasteiger charge is 2.38. The zero-order valence-corrected chi connectivity index (χ0v) is 15.0. The number of benzene rings is 1. The first-order chi connectivity index (χ1) is 11.1. The Bertz CT molecular complexity index is 802. The first kappa shape index (κ1) is 19.0. The van der Waals surface area contributed by atoms with Gasteiger partial charge in [0.2, 0.25) is 10.0 Å². The second kappa shape index (κ2) is 7.30. The van der Waals surface area contributed by atoms with Gasteiger partial charge in [0.25, 0.3) is 0 Å². The summed E-state index contributed by atoms with van der Waals surface area (Å²) in [5.41, 5.74) is 0.921. The van der Waals surface area contributed by atoms with Crippen LogP contribution in [0.25, 0.3) is 0 Å². The molecule has 0 spiro atoms. The average Bonchev–Trinajstić information content (AvgIpc) is 2.52. The maximum atomic E-state index is 13.0. The van der Waals surface area contributed by atoms with Crippen LogP contribution in [-0.2, 0) is 29.2 Å². The Morgan fingerprint density at radius 2 is 1.83 bits per heavy atom. The molecule has 1 aromatic carbocycles. The van der Waals surface area contributed by atoms with Crippen LogP contribution < -0.4 is 5.14 Å². The van der Waals surface area contributed by atoms with Gasteiger partial charge in [0.1, 0.15) is 6.23 Å². The van der Waals surface area contributed by atoms with E-state index in [0.717, 1.165) is 9.87 Å². The minimum Gasteiger partial charge on any atom is -0.362 e. The van der Waals surface area contributed by atoms with Crippen LogP contribution in [0.15, 0.2) is 41.3 Å². The Morgan fingerprint density at radius 3 is 2.38 bits per heavy atom. The summed E-state index contributed by atoms with van der Waals surface area (Å²) in [6, 6.07) is 5.60. The van der Waals surface area contributed by atoms with Gasteiger partial charge in [-0.1, -0.05) is 23.8 Å². The molecular formula is C14H20N2O6S2. The molecule has 1 heterocycles. The van der Waals surface area contributed by atoms with Crippen molar-refractivity contribution in [3.05, 3.63) is 42.0 Å². The third kappa shape index (κ3) is 4.41. The fourth-order valence-corrected chi connectivity index (χ4v) is 4.45. The van der Waals surface area contributed by atoms with Gasteiger partial charge in [0, 0.05) is 7.11 Å². The maximum absolute atomic E-state index is 13.0. The number of nitrogens with two attached hydrogens (primary N) is 1. The van der Waals surface area contributed by atoms with E-state index in [1.807, 2.05) is 6.92 Å². The molecule has 0 saturated carbocycles. The predicted molar refractivity (Wildman–Crippen MR) is 87.6 cm³/mol. The van der Waals surface area contributed by atoms with Gasteiger partial charge in [-0.05, 0) is 31.6 Å². The summed E-state index contributed by atoms with van der Waals surface area (Å²) in [6.07, 6.45) is 2.73. The largest absolute Gasteiger partial charge is 0.362 e. The standard InChI is InChI=1S/C14H20N2O6S2/c1-11-6-8-13(9-7-11)23(17,18)16-12(10-22-24(15,19)20)4-3-5-14(16)21-2/h3,5-9,12,14H,4,10H2,1-2H3,(H2,15,19,20)/t12-,14-/m0/s1. The molecule has 2 rings (SSSR count). The van der Waals surface area contributed by atoms with Gasteiger partial charge in [0.05, 0.1) is 17.5 Å². The van der Waals surface area contributed by atoms with Crippen LogP contribution in [0.5, 0.6) is 0 Å². The van der Waals surface area contributed by atoms with Crippen LogP contribution in [-0.4, -0.2) is 47.1 Å². The van der Waals surface area contributed by atoms with Crippen molar-refractivity contribution in [1.82, 2.24) is 4.31 Å². The number of hydrogen-bond donors (Lipinski definition) is 1. The Labute approximate surface area is 142 Å². The van der Waals surface area contributed by atoms with E-state index in [-0.39, 0.29) is 11.3 Å². The predicted octanol–water partition coefficient (Wildman–Crippen LogP) is 0.507. The summed E-state index contributed by atoms with van der Waals surface area (Å²) < 4.78 is 58.9. The first-order valence-electron chi connectivity index (χ1n) is 7.12. The fraction of sp³-hybridized carbons (Fsp3) is 0.429. The van der Waals surface area contributed by atoms with Crippen LogP contribution >= 0.6 is 0 Å². The minimum atomic E-state index is -4.17. The molecule has 0 aliphatic carbocycles. The Kier molecular flexibility index (Phi) is 5.78. The van der Waals surface area contributed by atoms with Crippen molar-refractivity contribution in [2.75, 3.05) is 13.7 Å². The molecular weight excluding hydrogens is 356 g/mol. The highest BCUT2D eigenvalue weighted by Crippen LogP contribution is 2.27. The molecule has 1 aromatic rings. The Morgan fingerprint density at radius 1 is 1.21 bits per heavy atom. The quantitative estimate of drug-likeness (QED) is 0.723. The van der Waals surface area contributed by atoms with E-state index in [4.69, 9.17) is 9.88 Å². The number of methoxy groups -OCH3 is 1.